The van der Waals surface area contributed by atoms with Crippen LogP contribution >= 0.6 is 0 Å². The zero-order valence-electron chi connectivity index (χ0n) is 11.2. The van der Waals surface area contributed by atoms with Crippen molar-refractivity contribution in [1.29, 1.82) is 0 Å². The first-order chi connectivity index (χ1) is 9.54. The molecule has 0 bridgehead atoms. The fraction of sp³-hybridized carbons (Fsp3) is 0.429. The molecule has 20 heavy (non-hydrogen) atoms. The largest absolute Gasteiger partial charge is 0.481 e. The van der Waals surface area contributed by atoms with E-state index >= 15 is 0 Å². The Bertz CT molecular complexity index is 504. The molecule has 0 saturated carbocycles. The summed E-state index contributed by atoms with van der Waals surface area (Å²) in [5.74, 6) is -0.893. The maximum absolute atomic E-state index is 12.1. The number of amides is 2. The van der Waals surface area contributed by atoms with Crippen LogP contribution in [0.25, 0.3) is 0 Å². The van der Waals surface area contributed by atoms with E-state index in [9.17, 15) is 9.59 Å². The molecule has 6 nitrogen and oxygen atoms in total. The number of urea groups is 1. The first-order valence-electron chi connectivity index (χ1n) is 6.67. The SMILES string of the molecule is NC1CCCN(C(=O)Nc2cccc(CC(=O)O)c2)C1. The molecule has 4 N–H and O–H groups in total. The zero-order valence-corrected chi connectivity index (χ0v) is 11.2. The lowest BCUT2D eigenvalue weighted by atomic mass is 10.1. The van der Waals surface area contributed by atoms with Crippen molar-refractivity contribution in [3.63, 3.8) is 0 Å². The molecule has 1 atom stereocenters. The number of carboxylic acids is 1. The molecule has 0 radical (unpaired) electrons. The van der Waals surface area contributed by atoms with Gasteiger partial charge in [0.2, 0.25) is 0 Å². The van der Waals surface area contributed by atoms with Gasteiger partial charge in [0.1, 0.15) is 0 Å². The number of piperidine rings is 1. The van der Waals surface area contributed by atoms with E-state index in [1.54, 1.807) is 29.2 Å². The molecule has 108 valence electrons. The van der Waals surface area contributed by atoms with Gasteiger partial charge < -0.3 is 21.1 Å². The zero-order chi connectivity index (χ0) is 14.5. The smallest absolute Gasteiger partial charge is 0.321 e. The van der Waals surface area contributed by atoms with Crippen molar-refractivity contribution >= 4 is 17.7 Å². The number of nitrogens with zero attached hydrogens (tertiary/aromatic N) is 1. The van der Waals surface area contributed by atoms with Crippen LogP contribution < -0.4 is 11.1 Å². The maximum Gasteiger partial charge on any atom is 0.321 e. The first-order valence-corrected chi connectivity index (χ1v) is 6.67. The van der Waals surface area contributed by atoms with E-state index in [1.165, 1.54) is 0 Å². The summed E-state index contributed by atoms with van der Waals surface area (Å²) in [7, 11) is 0. The molecule has 1 heterocycles. The summed E-state index contributed by atoms with van der Waals surface area (Å²) in [5.41, 5.74) is 7.11. The second-order valence-electron chi connectivity index (χ2n) is 5.05. The van der Waals surface area contributed by atoms with Gasteiger partial charge in [0.25, 0.3) is 0 Å². The number of likely N-dealkylation sites (tertiary alicyclic amines) is 1. The highest BCUT2D eigenvalue weighted by Gasteiger charge is 2.21. The van der Waals surface area contributed by atoms with E-state index in [0.29, 0.717) is 24.3 Å². The number of aliphatic carboxylic acids is 1. The number of nitrogens with two attached hydrogens (primary N) is 1. The molecule has 1 unspecified atom stereocenters. The highest BCUT2D eigenvalue weighted by molar-refractivity contribution is 5.89. The number of carbonyl (C=O) groups excluding carboxylic acids is 1. The van der Waals surface area contributed by atoms with E-state index in [0.717, 1.165) is 12.8 Å². The van der Waals surface area contributed by atoms with Gasteiger partial charge in [0.05, 0.1) is 6.42 Å². The van der Waals surface area contributed by atoms with Crippen LogP contribution in [0.4, 0.5) is 10.5 Å². The van der Waals surface area contributed by atoms with Crippen molar-refractivity contribution in [3.05, 3.63) is 29.8 Å². The number of carbonyl (C=O) groups is 2. The van der Waals surface area contributed by atoms with Gasteiger partial charge in [-0.2, -0.15) is 0 Å². The van der Waals surface area contributed by atoms with E-state index in [2.05, 4.69) is 5.32 Å². The van der Waals surface area contributed by atoms with Crippen LogP contribution in [0, 0.1) is 0 Å². The molecule has 1 fully saturated rings. The predicted molar refractivity (Wildman–Crippen MR) is 75.6 cm³/mol. The second-order valence-corrected chi connectivity index (χ2v) is 5.05. The molecule has 2 rings (SSSR count). The van der Waals surface area contributed by atoms with Crippen LogP contribution in [0.1, 0.15) is 18.4 Å². The maximum atomic E-state index is 12.1. The topological polar surface area (TPSA) is 95.7 Å². The Labute approximate surface area is 117 Å². The Kier molecular flexibility index (Phi) is 4.57. The highest BCUT2D eigenvalue weighted by Crippen LogP contribution is 2.14. The third-order valence-corrected chi connectivity index (χ3v) is 3.28. The van der Waals surface area contributed by atoms with Gasteiger partial charge >= 0.3 is 12.0 Å². The van der Waals surface area contributed by atoms with Crippen molar-refractivity contribution in [2.75, 3.05) is 18.4 Å². The average molecular weight is 277 g/mol. The number of rotatable bonds is 3. The molecule has 2 amide bonds. The Balaban J connectivity index is 1.98. The van der Waals surface area contributed by atoms with Gasteiger partial charge in [-0.25, -0.2) is 4.79 Å². The number of nitrogens with one attached hydrogen (secondary N) is 1. The van der Waals surface area contributed by atoms with Crippen LogP contribution in [-0.4, -0.2) is 41.1 Å². The van der Waals surface area contributed by atoms with Crippen molar-refractivity contribution in [2.24, 2.45) is 5.73 Å². The Morgan fingerprint density at radius 1 is 1.45 bits per heavy atom. The van der Waals surface area contributed by atoms with Gasteiger partial charge in [-0.15, -0.1) is 0 Å². The normalized spacial score (nSPS) is 18.6. The quantitative estimate of drug-likeness (QED) is 0.775. The molecular weight excluding hydrogens is 258 g/mol. The van der Waals surface area contributed by atoms with E-state index < -0.39 is 5.97 Å². The Hall–Kier alpha value is -2.08. The lowest BCUT2D eigenvalue weighted by Gasteiger charge is -2.30. The van der Waals surface area contributed by atoms with Gasteiger partial charge in [-0.05, 0) is 30.5 Å². The monoisotopic (exact) mass is 277 g/mol. The van der Waals surface area contributed by atoms with Crippen LogP contribution in [0.3, 0.4) is 0 Å². The third-order valence-electron chi connectivity index (χ3n) is 3.28. The van der Waals surface area contributed by atoms with E-state index in [4.69, 9.17) is 10.8 Å². The lowest BCUT2D eigenvalue weighted by molar-refractivity contribution is -0.136. The van der Waals surface area contributed by atoms with Gasteiger partial charge in [-0.3, -0.25) is 4.79 Å². The summed E-state index contributed by atoms with van der Waals surface area (Å²) in [6, 6.07) is 6.72. The van der Waals surface area contributed by atoms with E-state index in [-0.39, 0.29) is 18.5 Å². The number of hydrogen-bond acceptors (Lipinski definition) is 3. The van der Waals surface area contributed by atoms with Crippen molar-refractivity contribution in [2.45, 2.75) is 25.3 Å². The Morgan fingerprint density at radius 3 is 2.95 bits per heavy atom. The average Bonchev–Trinajstić information content (AvgIpc) is 2.38. The molecular formula is C14H19N3O3. The lowest BCUT2D eigenvalue weighted by Crippen LogP contribution is -2.47. The standard InChI is InChI=1S/C14H19N3O3/c15-11-4-2-6-17(9-11)14(20)16-12-5-1-3-10(7-12)8-13(18)19/h1,3,5,7,11H,2,4,6,8-9,15H2,(H,16,20)(H,18,19). The Morgan fingerprint density at radius 2 is 2.25 bits per heavy atom. The van der Waals surface area contributed by atoms with E-state index in [1.807, 2.05) is 0 Å². The molecule has 0 aromatic heterocycles. The summed E-state index contributed by atoms with van der Waals surface area (Å²) >= 11 is 0. The highest BCUT2D eigenvalue weighted by atomic mass is 16.4. The molecule has 0 spiro atoms. The third kappa shape index (κ3) is 3.96. The minimum Gasteiger partial charge on any atom is -0.481 e. The summed E-state index contributed by atoms with van der Waals surface area (Å²) in [5, 5.41) is 11.5. The molecule has 0 aliphatic carbocycles. The molecule has 1 aliphatic heterocycles. The number of carboxylic acid groups (broad SMARTS) is 1. The number of hydrogen-bond donors (Lipinski definition) is 3. The molecule has 1 aliphatic rings. The fourth-order valence-corrected chi connectivity index (χ4v) is 2.33. The summed E-state index contributed by atoms with van der Waals surface area (Å²) in [4.78, 5) is 24.5. The minimum atomic E-state index is -0.893. The van der Waals surface area contributed by atoms with Crippen molar-refractivity contribution < 1.29 is 14.7 Å². The predicted octanol–water partition coefficient (Wildman–Crippen LogP) is 1.27. The summed E-state index contributed by atoms with van der Waals surface area (Å²) in [6.45, 7) is 1.26. The minimum absolute atomic E-state index is 0.0350. The van der Waals surface area contributed by atoms with Gasteiger partial charge in [0.15, 0.2) is 0 Å². The fourth-order valence-electron chi connectivity index (χ4n) is 2.33. The van der Waals surface area contributed by atoms with Crippen LogP contribution in [0.2, 0.25) is 0 Å². The van der Waals surface area contributed by atoms with Crippen LogP contribution in [-0.2, 0) is 11.2 Å². The van der Waals surface area contributed by atoms with Crippen molar-refractivity contribution in [3.8, 4) is 0 Å². The summed E-state index contributed by atoms with van der Waals surface area (Å²) in [6.07, 6.45) is 1.80. The van der Waals surface area contributed by atoms with Crippen molar-refractivity contribution in [1.82, 2.24) is 4.90 Å². The first kappa shape index (κ1) is 14.3. The molecule has 1 aromatic carbocycles. The number of anilines is 1. The van der Waals surface area contributed by atoms with Crippen LogP contribution in [0.5, 0.6) is 0 Å². The molecule has 1 aromatic rings. The molecule has 6 heteroatoms. The van der Waals surface area contributed by atoms with Gasteiger partial charge in [0, 0.05) is 24.8 Å². The second kappa shape index (κ2) is 6.38. The summed E-state index contributed by atoms with van der Waals surface area (Å²) < 4.78 is 0. The number of benzene rings is 1. The van der Waals surface area contributed by atoms with Crippen LogP contribution in [0.15, 0.2) is 24.3 Å². The van der Waals surface area contributed by atoms with Gasteiger partial charge in [-0.1, -0.05) is 12.1 Å². The molecule has 1 saturated heterocycles.